The Kier molecular flexibility index (Phi) is 3.91. The second kappa shape index (κ2) is 4.59. The second-order valence-electron chi connectivity index (χ2n) is 2.91. The Morgan fingerprint density at radius 3 is 2.21 bits per heavy atom. The summed E-state index contributed by atoms with van der Waals surface area (Å²) in [6.07, 6.45) is 0. The van der Waals surface area contributed by atoms with Crippen LogP contribution in [0, 0.1) is 6.92 Å². The normalized spacial score (nSPS) is 13.9. The Labute approximate surface area is 97.7 Å². The first-order chi connectivity index (χ1) is 6.42. The Morgan fingerprint density at radius 2 is 1.79 bits per heavy atom. The molecule has 0 bridgehead atoms. The lowest BCUT2D eigenvalue weighted by Crippen LogP contribution is -2.10. The van der Waals surface area contributed by atoms with Crippen LogP contribution in [0.5, 0.6) is 0 Å². The van der Waals surface area contributed by atoms with E-state index in [1.165, 1.54) is 0 Å². The maximum atomic E-state index is 11.5. The van der Waals surface area contributed by atoms with Crippen molar-refractivity contribution in [3.63, 3.8) is 0 Å². The number of alkyl halides is 1. The molecule has 0 heterocycles. The largest absolute Gasteiger partial charge is 0.297 e. The third kappa shape index (κ3) is 3.21. The van der Waals surface area contributed by atoms with Crippen molar-refractivity contribution in [3.05, 3.63) is 29.8 Å². The monoisotopic (exact) mass is 326 g/mol. The summed E-state index contributed by atoms with van der Waals surface area (Å²) in [6, 6.07) is 6.58. The predicted octanol–water partition coefficient (Wildman–Crippen LogP) is 2.48. The molecule has 5 heteroatoms. The predicted molar refractivity (Wildman–Crippen MR) is 62.9 cm³/mol. The lowest BCUT2D eigenvalue weighted by Gasteiger charge is -2.06. The molecule has 0 saturated heterocycles. The summed E-state index contributed by atoms with van der Waals surface area (Å²) in [5.74, 6) is 0. The minimum absolute atomic E-state index is 0.201. The highest BCUT2D eigenvalue weighted by atomic mass is 127. The van der Waals surface area contributed by atoms with E-state index in [1.807, 2.05) is 29.5 Å². The number of rotatable bonds is 3. The summed E-state index contributed by atoms with van der Waals surface area (Å²) in [7, 11) is -3.58. The number of hydrogen-bond acceptors (Lipinski definition) is 3. The molecular formula is C9H11IO3S. The van der Waals surface area contributed by atoms with Crippen molar-refractivity contribution in [2.75, 3.05) is 0 Å². The van der Waals surface area contributed by atoms with Crippen molar-refractivity contribution < 1.29 is 12.6 Å². The van der Waals surface area contributed by atoms with Gasteiger partial charge < -0.3 is 0 Å². The van der Waals surface area contributed by atoms with Gasteiger partial charge in [-0.3, -0.25) is 4.18 Å². The van der Waals surface area contributed by atoms with E-state index in [0.717, 1.165) is 5.56 Å². The van der Waals surface area contributed by atoms with Gasteiger partial charge in [-0.25, -0.2) is 0 Å². The van der Waals surface area contributed by atoms with E-state index in [2.05, 4.69) is 0 Å². The number of hydrogen-bond donors (Lipinski definition) is 0. The second-order valence-corrected chi connectivity index (χ2v) is 6.23. The Morgan fingerprint density at radius 1 is 1.29 bits per heavy atom. The Balaban J connectivity index is 2.99. The van der Waals surface area contributed by atoms with Crippen LogP contribution in [0.1, 0.15) is 12.5 Å². The topological polar surface area (TPSA) is 43.4 Å². The summed E-state index contributed by atoms with van der Waals surface area (Å²) in [6.45, 7) is 3.57. The van der Waals surface area contributed by atoms with Gasteiger partial charge in [-0.15, -0.1) is 0 Å². The van der Waals surface area contributed by atoms with Gasteiger partial charge in [0.1, 0.15) is 4.11 Å². The summed E-state index contributed by atoms with van der Waals surface area (Å²) in [5.41, 5.74) is 1.02. The molecule has 0 radical (unpaired) electrons. The van der Waals surface area contributed by atoms with Gasteiger partial charge >= 0.3 is 0 Å². The lowest BCUT2D eigenvalue weighted by molar-refractivity contribution is 0.322. The molecule has 0 aliphatic heterocycles. The first-order valence-corrected chi connectivity index (χ1v) is 6.71. The molecule has 0 saturated carbocycles. The summed E-state index contributed by atoms with van der Waals surface area (Å²) in [4.78, 5) is 0.201. The average molecular weight is 326 g/mol. The molecule has 14 heavy (non-hydrogen) atoms. The van der Waals surface area contributed by atoms with E-state index >= 15 is 0 Å². The molecule has 0 aliphatic carbocycles. The van der Waals surface area contributed by atoms with Crippen LogP contribution >= 0.6 is 22.6 Å². The molecule has 0 amide bonds. The zero-order chi connectivity index (χ0) is 10.8. The van der Waals surface area contributed by atoms with Crippen LogP contribution in [0.3, 0.4) is 0 Å². The standard InChI is InChI=1S/C9H11IO3S/c1-7-3-5-9(6-4-7)14(11,12)13-8(2)10/h3-6,8H,1-2H3. The molecule has 3 nitrogen and oxygen atoms in total. The molecule has 78 valence electrons. The van der Waals surface area contributed by atoms with Crippen LogP contribution in [-0.4, -0.2) is 12.5 Å². The van der Waals surface area contributed by atoms with E-state index in [9.17, 15) is 8.42 Å². The van der Waals surface area contributed by atoms with Gasteiger partial charge in [-0.05, 0) is 48.6 Å². The third-order valence-electron chi connectivity index (χ3n) is 1.57. The van der Waals surface area contributed by atoms with Gasteiger partial charge in [0.25, 0.3) is 10.1 Å². The molecule has 1 unspecified atom stereocenters. The fraction of sp³-hybridized carbons (Fsp3) is 0.333. The van der Waals surface area contributed by atoms with Gasteiger partial charge in [0.05, 0.1) is 4.90 Å². The quantitative estimate of drug-likeness (QED) is 0.487. The zero-order valence-corrected chi connectivity index (χ0v) is 10.9. The smallest absolute Gasteiger partial charge is 0.253 e. The fourth-order valence-corrected chi connectivity index (χ4v) is 2.68. The SMILES string of the molecule is Cc1ccc(S(=O)(=O)OC(C)I)cc1. The molecule has 0 aromatic heterocycles. The number of benzene rings is 1. The van der Waals surface area contributed by atoms with Crippen LogP contribution < -0.4 is 0 Å². The van der Waals surface area contributed by atoms with Gasteiger partial charge in [-0.1, -0.05) is 17.7 Å². The molecule has 1 atom stereocenters. The Bertz CT molecular complexity index is 395. The van der Waals surface area contributed by atoms with Gasteiger partial charge in [0.2, 0.25) is 0 Å². The summed E-state index contributed by atoms with van der Waals surface area (Å²) < 4.78 is 27.5. The maximum Gasteiger partial charge on any atom is 0.297 e. The van der Waals surface area contributed by atoms with Gasteiger partial charge in [-0.2, -0.15) is 8.42 Å². The maximum absolute atomic E-state index is 11.5. The van der Waals surface area contributed by atoms with E-state index in [1.54, 1.807) is 31.2 Å². The molecular weight excluding hydrogens is 315 g/mol. The van der Waals surface area contributed by atoms with E-state index in [4.69, 9.17) is 4.18 Å². The van der Waals surface area contributed by atoms with E-state index in [0.29, 0.717) is 0 Å². The minimum atomic E-state index is -3.58. The van der Waals surface area contributed by atoms with Crippen LogP contribution in [0.2, 0.25) is 0 Å². The summed E-state index contributed by atoms with van der Waals surface area (Å²) >= 11 is 1.90. The molecule has 1 aromatic carbocycles. The van der Waals surface area contributed by atoms with Gasteiger partial charge in [0, 0.05) is 0 Å². The fourth-order valence-electron chi connectivity index (χ4n) is 0.935. The van der Waals surface area contributed by atoms with Crippen molar-refractivity contribution in [2.45, 2.75) is 22.9 Å². The molecule has 0 fully saturated rings. The van der Waals surface area contributed by atoms with Crippen molar-refractivity contribution in [2.24, 2.45) is 0 Å². The number of halogens is 1. The van der Waals surface area contributed by atoms with Crippen LogP contribution in [0.4, 0.5) is 0 Å². The van der Waals surface area contributed by atoms with Crippen molar-refractivity contribution in [1.82, 2.24) is 0 Å². The highest BCUT2D eigenvalue weighted by Gasteiger charge is 2.16. The van der Waals surface area contributed by atoms with E-state index in [-0.39, 0.29) is 9.01 Å². The molecule has 0 spiro atoms. The van der Waals surface area contributed by atoms with Crippen molar-refractivity contribution in [3.8, 4) is 0 Å². The Hall–Kier alpha value is -0.140. The minimum Gasteiger partial charge on any atom is -0.253 e. The van der Waals surface area contributed by atoms with Crippen LogP contribution in [-0.2, 0) is 14.3 Å². The first kappa shape index (κ1) is 11.9. The average Bonchev–Trinajstić information content (AvgIpc) is 2.02. The van der Waals surface area contributed by atoms with Crippen LogP contribution in [0.15, 0.2) is 29.2 Å². The lowest BCUT2D eigenvalue weighted by atomic mass is 10.2. The number of aryl methyl sites for hydroxylation is 1. The highest BCUT2D eigenvalue weighted by molar-refractivity contribution is 14.1. The zero-order valence-electron chi connectivity index (χ0n) is 7.90. The molecule has 0 N–H and O–H groups in total. The third-order valence-corrected chi connectivity index (χ3v) is 3.56. The first-order valence-electron chi connectivity index (χ1n) is 4.06. The van der Waals surface area contributed by atoms with Crippen LogP contribution in [0.25, 0.3) is 0 Å². The van der Waals surface area contributed by atoms with Crippen molar-refractivity contribution >= 4 is 32.7 Å². The molecule has 0 aliphatic rings. The molecule has 1 rings (SSSR count). The van der Waals surface area contributed by atoms with Crippen molar-refractivity contribution in [1.29, 1.82) is 0 Å². The van der Waals surface area contributed by atoms with E-state index < -0.39 is 10.1 Å². The highest BCUT2D eigenvalue weighted by Crippen LogP contribution is 2.16. The van der Waals surface area contributed by atoms with Gasteiger partial charge in [0.15, 0.2) is 0 Å². The summed E-state index contributed by atoms with van der Waals surface area (Å²) in [5, 5.41) is 0. The molecule has 1 aromatic rings.